The van der Waals surface area contributed by atoms with Crippen LogP contribution in [0.3, 0.4) is 0 Å². The molecule has 1 rings (SSSR count). The number of hydrogen-bond acceptors (Lipinski definition) is 0. The minimum atomic E-state index is -4.24. The van der Waals surface area contributed by atoms with Crippen LogP contribution in [0.2, 0.25) is 0 Å². The topological polar surface area (TPSA) is 0 Å². The summed E-state index contributed by atoms with van der Waals surface area (Å²) in [5, 5.41) is 0. The van der Waals surface area contributed by atoms with Crippen molar-refractivity contribution >= 4 is 0 Å². The van der Waals surface area contributed by atoms with Crippen molar-refractivity contribution in [2.45, 2.75) is 65.0 Å². The van der Waals surface area contributed by atoms with Crippen LogP contribution in [0.15, 0.2) is 18.2 Å². The number of rotatable bonds is 6. The largest absolute Gasteiger partial charge is 0.416 e. The van der Waals surface area contributed by atoms with E-state index >= 15 is 0 Å². The summed E-state index contributed by atoms with van der Waals surface area (Å²) in [5.41, 5.74) is 1.37. The van der Waals surface area contributed by atoms with Crippen molar-refractivity contribution in [2.24, 2.45) is 0 Å². The van der Waals surface area contributed by atoms with Crippen LogP contribution in [0.4, 0.5) is 13.2 Å². The summed E-state index contributed by atoms with van der Waals surface area (Å²) >= 11 is 0. The van der Waals surface area contributed by atoms with E-state index in [0.717, 1.165) is 24.0 Å². The van der Waals surface area contributed by atoms with E-state index in [9.17, 15) is 13.2 Å². The highest BCUT2D eigenvalue weighted by molar-refractivity contribution is 5.35. The highest BCUT2D eigenvalue weighted by atomic mass is 19.4. The molecule has 0 N–H and O–H groups in total. The SMILES string of the molecule is CCCCCC(C)c1ccc(C(F)(F)F)cc1CC. The molecule has 19 heavy (non-hydrogen) atoms. The molecule has 0 aromatic heterocycles. The summed E-state index contributed by atoms with van der Waals surface area (Å²) in [6.07, 6.45) is 0.951. The van der Waals surface area contributed by atoms with Crippen LogP contribution in [0.25, 0.3) is 0 Å². The Kier molecular flexibility index (Phi) is 5.89. The summed E-state index contributed by atoms with van der Waals surface area (Å²) in [4.78, 5) is 0. The van der Waals surface area contributed by atoms with E-state index in [-0.39, 0.29) is 0 Å². The molecule has 0 fully saturated rings. The van der Waals surface area contributed by atoms with Crippen LogP contribution in [0.1, 0.15) is 69.1 Å². The summed E-state index contributed by atoms with van der Waals surface area (Å²) in [7, 11) is 0. The first-order valence-corrected chi connectivity index (χ1v) is 7.10. The molecule has 0 bridgehead atoms. The van der Waals surface area contributed by atoms with Gasteiger partial charge in [-0.3, -0.25) is 0 Å². The molecule has 1 aromatic rings. The van der Waals surface area contributed by atoms with Gasteiger partial charge in [-0.05, 0) is 42.0 Å². The summed E-state index contributed by atoms with van der Waals surface area (Å²) < 4.78 is 38.1. The van der Waals surface area contributed by atoms with Crippen LogP contribution >= 0.6 is 0 Å². The second-order valence-electron chi connectivity index (χ2n) is 5.16. The molecule has 0 spiro atoms. The Hall–Kier alpha value is -0.990. The lowest BCUT2D eigenvalue weighted by atomic mass is 9.89. The van der Waals surface area contributed by atoms with Crippen LogP contribution in [-0.2, 0) is 12.6 Å². The Bertz CT molecular complexity index is 393. The molecule has 1 aromatic carbocycles. The first kappa shape index (κ1) is 16.1. The quantitative estimate of drug-likeness (QED) is 0.561. The van der Waals surface area contributed by atoms with Gasteiger partial charge < -0.3 is 0 Å². The number of halogens is 3. The van der Waals surface area contributed by atoms with E-state index in [1.54, 1.807) is 6.07 Å². The van der Waals surface area contributed by atoms with Gasteiger partial charge in [-0.2, -0.15) is 13.2 Å². The maximum Gasteiger partial charge on any atom is 0.416 e. The van der Waals surface area contributed by atoms with Crippen molar-refractivity contribution in [1.29, 1.82) is 0 Å². The van der Waals surface area contributed by atoms with Crippen molar-refractivity contribution in [3.63, 3.8) is 0 Å². The van der Waals surface area contributed by atoms with E-state index in [1.807, 2.05) is 6.92 Å². The third kappa shape index (κ3) is 4.55. The third-order valence-electron chi connectivity index (χ3n) is 3.62. The maximum absolute atomic E-state index is 12.7. The molecule has 0 nitrogen and oxygen atoms in total. The third-order valence-corrected chi connectivity index (χ3v) is 3.62. The molecule has 1 unspecified atom stereocenters. The van der Waals surface area contributed by atoms with Crippen LogP contribution < -0.4 is 0 Å². The second-order valence-corrected chi connectivity index (χ2v) is 5.16. The van der Waals surface area contributed by atoms with Crippen molar-refractivity contribution < 1.29 is 13.2 Å². The zero-order chi connectivity index (χ0) is 14.5. The van der Waals surface area contributed by atoms with E-state index in [0.29, 0.717) is 12.3 Å². The predicted octanol–water partition coefficient (Wildman–Crippen LogP) is 5.95. The molecule has 0 radical (unpaired) electrons. The van der Waals surface area contributed by atoms with Gasteiger partial charge in [-0.1, -0.05) is 46.1 Å². The Morgan fingerprint density at radius 3 is 2.32 bits per heavy atom. The number of benzene rings is 1. The molecule has 0 amide bonds. The molecule has 0 saturated carbocycles. The van der Waals surface area contributed by atoms with E-state index in [2.05, 4.69) is 13.8 Å². The van der Waals surface area contributed by atoms with Crippen LogP contribution in [0.5, 0.6) is 0 Å². The highest BCUT2D eigenvalue weighted by Gasteiger charge is 2.31. The lowest BCUT2D eigenvalue weighted by Gasteiger charge is -2.18. The van der Waals surface area contributed by atoms with Gasteiger partial charge in [0.2, 0.25) is 0 Å². The van der Waals surface area contributed by atoms with Gasteiger partial charge in [0.15, 0.2) is 0 Å². The van der Waals surface area contributed by atoms with Crippen molar-refractivity contribution in [2.75, 3.05) is 0 Å². The fraction of sp³-hybridized carbons (Fsp3) is 0.625. The molecule has 0 aliphatic rings. The summed E-state index contributed by atoms with van der Waals surface area (Å²) in [6.45, 7) is 6.18. The van der Waals surface area contributed by atoms with Gasteiger partial charge in [0.05, 0.1) is 5.56 Å². The Morgan fingerprint density at radius 2 is 1.79 bits per heavy atom. The van der Waals surface area contributed by atoms with Gasteiger partial charge >= 0.3 is 6.18 Å². The first-order valence-electron chi connectivity index (χ1n) is 7.10. The molecule has 0 aliphatic heterocycles. The molecule has 0 aliphatic carbocycles. The smallest absolute Gasteiger partial charge is 0.166 e. The molecule has 0 heterocycles. The van der Waals surface area contributed by atoms with E-state index < -0.39 is 11.7 Å². The second kappa shape index (κ2) is 6.97. The molecule has 1 atom stereocenters. The average Bonchev–Trinajstić information content (AvgIpc) is 2.37. The molecule has 108 valence electrons. The number of unbranched alkanes of at least 4 members (excludes halogenated alkanes) is 2. The molecule has 0 saturated heterocycles. The highest BCUT2D eigenvalue weighted by Crippen LogP contribution is 2.33. The van der Waals surface area contributed by atoms with Gasteiger partial charge in [0, 0.05) is 0 Å². The van der Waals surface area contributed by atoms with E-state index in [1.165, 1.54) is 25.0 Å². The number of aryl methyl sites for hydroxylation is 1. The summed E-state index contributed by atoms with van der Waals surface area (Å²) in [6, 6.07) is 4.19. The zero-order valence-corrected chi connectivity index (χ0v) is 12.0. The Labute approximate surface area is 114 Å². The normalized spacial score (nSPS) is 13.6. The molecule has 3 heteroatoms. The van der Waals surface area contributed by atoms with Crippen molar-refractivity contribution in [3.05, 3.63) is 34.9 Å². The average molecular weight is 272 g/mol. The Morgan fingerprint density at radius 1 is 1.11 bits per heavy atom. The van der Waals surface area contributed by atoms with Crippen molar-refractivity contribution in [3.8, 4) is 0 Å². The molecular formula is C16H23F3. The van der Waals surface area contributed by atoms with E-state index in [4.69, 9.17) is 0 Å². The number of hydrogen-bond donors (Lipinski definition) is 0. The fourth-order valence-corrected chi connectivity index (χ4v) is 2.43. The lowest BCUT2D eigenvalue weighted by molar-refractivity contribution is -0.137. The van der Waals surface area contributed by atoms with Gasteiger partial charge in [0.25, 0.3) is 0 Å². The minimum Gasteiger partial charge on any atom is -0.166 e. The fourth-order valence-electron chi connectivity index (χ4n) is 2.43. The van der Waals surface area contributed by atoms with Crippen LogP contribution in [-0.4, -0.2) is 0 Å². The monoisotopic (exact) mass is 272 g/mol. The minimum absolute atomic E-state index is 0.337. The van der Waals surface area contributed by atoms with Gasteiger partial charge in [-0.15, -0.1) is 0 Å². The Balaban J connectivity index is 2.89. The lowest BCUT2D eigenvalue weighted by Crippen LogP contribution is -2.08. The summed E-state index contributed by atoms with van der Waals surface area (Å²) in [5.74, 6) is 0.337. The maximum atomic E-state index is 12.7. The standard InChI is InChI=1S/C16H23F3/c1-4-6-7-8-12(3)15-10-9-14(16(17,18)19)11-13(15)5-2/h9-12H,4-8H2,1-3H3. The van der Waals surface area contributed by atoms with Gasteiger partial charge in [0.1, 0.15) is 0 Å². The predicted molar refractivity (Wildman–Crippen MR) is 73.4 cm³/mol. The zero-order valence-electron chi connectivity index (χ0n) is 12.0. The van der Waals surface area contributed by atoms with Crippen molar-refractivity contribution in [1.82, 2.24) is 0 Å². The van der Waals surface area contributed by atoms with Gasteiger partial charge in [-0.25, -0.2) is 0 Å². The first-order chi connectivity index (χ1) is 8.90. The number of alkyl halides is 3. The molecular weight excluding hydrogens is 249 g/mol. The van der Waals surface area contributed by atoms with Crippen LogP contribution in [0, 0.1) is 0 Å².